The molecule has 0 aliphatic carbocycles. The molecule has 0 radical (unpaired) electrons. The van der Waals surface area contributed by atoms with Gasteiger partial charge in [0.05, 0.1) is 20.1 Å². The Hall–Kier alpha value is -0.550. The molecule has 0 atom stereocenters. The highest BCUT2D eigenvalue weighted by Gasteiger charge is 2.18. The fraction of sp³-hybridized carbons (Fsp3) is 0.458. The monoisotopic (exact) mass is 574 g/mol. The first kappa shape index (κ1) is 30.5. The number of para-hydroxylation sites is 1. The van der Waals surface area contributed by atoms with Crippen LogP contribution < -0.4 is 4.74 Å². The normalized spacial score (nSPS) is 10.5. The molecule has 3 nitrogen and oxygen atoms in total. The van der Waals surface area contributed by atoms with E-state index in [-0.39, 0.29) is 36.8 Å². The molecule has 0 aliphatic heterocycles. The maximum Gasteiger partial charge on any atom is 0.311 e. The summed E-state index contributed by atoms with van der Waals surface area (Å²) >= 11 is 33.8. The standard InChI is InChI=1S/C18H27ClO2.C6HCl5O/c1-2-3-4-5-6-7-8-9-10-15-18(20)21-17-14-12-11-13-16(17)19;7-1-2(8)4(10)6(12)5(11)3(1)9/h11-14H,2-10,15H2,1H3;12H. The average molecular weight is 577 g/mol. The van der Waals surface area contributed by atoms with Crippen molar-refractivity contribution in [2.75, 3.05) is 0 Å². The summed E-state index contributed by atoms with van der Waals surface area (Å²) in [5.74, 6) is -0.0936. The van der Waals surface area contributed by atoms with Crippen molar-refractivity contribution in [1.82, 2.24) is 0 Å². The third-order valence-electron chi connectivity index (χ3n) is 4.73. The number of aromatic hydroxyl groups is 1. The molecule has 0 amide bonds. The SMILES string of the molecule is CCCCCCCCCCCC(=O)Oc1ccccc1Cl.Oc1c(Cl)c(Cl)c(Cl)c(Cl)c1Cl. The molecule has 0 bridgehead atoms. The van der Waals surface area contributed by atoms with E-state index < -0.39 is 0 Å². The van der Waals surface area contributed by atoms with Crippen LogP contribution >= 0.6 is 69.6 Å². The van der Waals surface area contributed by atoms with E-state index in [2.05, 4.69) is 6.92 Å². The van der Waals surface area contributed by atoms with Crippen molar-refractivity contribution >= 4 is 75.6 Å². The van der Waals surface area contributed by atoms with Crippen LogP contribution in [-0.2, 0) is 4.79 Å². The predicted molar refractivity (Wildman–Crippen MR) is 142 cm³/mol. The number of halogens is 6. The third kappa shape index (κ3) is 11.2. The Bertz CT molecular complexity index is 784. The molecule has 9 heteroatoms. The van der Waals surface area contributed by atoms with E-state index in [1.165, 1.54) is 44.9 Å². The Morgan fingerprint density at radius 2 is 1.18 bits per heavy atom. The number of benzene rings is 2. The molecular weight excluding hydrogens is 549 g/mol. The molecule has 1 N–H and O–H groups in total. The molecular formula is C24H28Cl6O3. The van der Waals surface area contributed by atoms with Gasteiger partial charge in [0.15, 0.2) is 5.75 Å². The lowest BCUT2D eigenvalue weighted by Crippen LogP contribution is -2.07. The molecule has 2 rings (SSSR count). The van der Waals surface area contributed by atoms with Gasteiger partial charge in [-0.1, -0.05) is 140 Å². The van der Waals surface area contributed by atoms with Crippen molar-refractivity contribution < 1.29 is 14.6 Å². The van der Waals surface area contributed by atoms with Crippen LogP contribution in [0, 0.1) is 0 Å². The van der Waals surface area contributed by atoms with Crippen molar-refractivity contribution in [2.45, 2.75) is 71.1 Å². The van der Waals surface area contributed by atoms with Crippen LogP contribution in [0.4, 0.5) is 0 Å². The fourth-order valence-corrected chi connectivity index (χ4v) is 4.18. The number of ether oxygens (including phenoxy) is 1. The van der Waals surface area contributed by atoms with Crippen molar-refractivity contribution in [3.05, 3.63) is 54.4 Å². The van der Waals surface area contributed by atoms with Gasteiger partial charge in [-0.05, 0) is 18.6 Å². The largest absolute Gasteiger partial charge is 0.505 e. The molecule has 0 heterocycles. The van der Waals surface area contributed by atoms with Crippen LogP contribution in [0.2, 0.25) is 30.1 Å². The zero-order chi connectivity index (χ0) is 24.8. The van der Waals surface area contributed by atoms with E-state index in [0.717, 1.165) is 12.8 Å². The van der Waals surface area contributed by atoms with Gasteiger partial charge in [-0.3, -0.25) is 4.79 Å². The van der Waals surface area contributed by atoms with Crippen LogP contribution in [-0.4, -0.2) is 11.1 Å². The number of rotatable bonds is 11. The van der Waals surface area contributed by atoms with Gasteiger partial charge in [-0.15, -0.1) is 0 Å². The quantitative estimate of drug-likeness (QED) is 0.0951. The molecule has 0 aliphatic rings. The second kappa shape index (κ2) is 17.0. The second-order valence-corrected chi connectivity index (χ2v) is 9.70. The molecule has 0 fully saturated rings. The Morgan fingerprint density at radius 3 is 1.70 bits per heavy atom. The highest BCUT2D eigenvalue weighted by atomic mass is 35.5. The summed E-state index contributed by atoms with van der Waals surface area (Å²) in [5.41, 5.74) is 0. The van der Waals surface area contributed by atoms with Crippen molar-refractivity contribution in [2.24, 2.45) is 0 Å². The molecule has 0 aromatic heterocycles. The zero-order valence-electron chi connectivity index (χ0n) is 18.4. The molecule has 0 saturated carbocycles. The molecule has 2 aromatic carbocycles. The van der Waals surface area contributed by atoms with E-state index in [4.69, 9.17) is 74.3 Å². The van der Waals surface area contributed by atoms with Crippen LogP contribution in [0.15, 0.2) is 24.3 Å². The number of phenolic OH excluding ortho intramolecular Hbond substituents is 1. The van der Waals surface area contributed by atoms with Gasteiger partial charge in [0.25, 0.3) is 0 Å². The van der Waals surface area contributed by atoms with Crippen LogP contribution in [0.5, 0.6) is 11.5 Å². The summed E-state index contributed by atoms with van der Waals surface area (Å²) < 4.78 is 5.25. The number of hydrogen-bond donors (Lipinski definition) is 1. The van der Waals surface area contributed by atoms with Crippen molar-refractivity contribution in [3.63, 3.8) is 0 Å². The smallest absolute Gasteiger partial charge is 0.311 e. The van der Waals surface area contributed by atoms with Crippen molar-refractivity contribution in [3.8, 4) is 11.5 Å². The lowest BCUT2D eigenvalue weighted by molar-refractivity contribution is -0.134. The molecule has 184 valence electrons. The van der Waals surface area contributed by atoms with Gasteiger partial charge in [-0.25, -0.2) is 0 Å². The summed E-state index contributed by atoms with van der Waals surface area (Å²) in [6.45, 7) is 2.24. The first-order valence-electron chi connectivity index (χ1n) is 10.9. The van der Waals surface area contributed by atoms with E-state index >= 15 is 0 Å². The molecule has 0 unspecified atom stereocenters. The van der Waals surface area contributed by atoms with Gasteiger partial charge in [0.2, 0.25) is 0 Å². The lowest BCUT2D eigenvalue weighted by atomic mass is 10.1. The molecule has 2 aromatic rings. The van der Waals surface area contributed by atoms with E-state index in [1.807, 2.05) is 12.1 Å². The Balaban J connectivity index is 0.000000383. The Morgan fingerprint density at radius 1 is 0.727 bits per heavy atom. The van der Waals surface area contributed by atoms with Crippen LogP contribution in [0.1, 0.15) is 71.1 Å². The van der Waals surface area contributed by atoms with E-state index in [1.54, 1.807) is 12.1 Å². The minimum absolute atomic E-state index is 0.00904. The van der Waals surface area contributed by atoms with Gasteiger partial charge < -0.3 is 9.84 Å². The number of esters is 1. The number of unbranched alkanes of at least 4 members (excludes halogenated alkanes) is 8. The summed E-state index contributed by atoms with van der Waals surface area (Å²) in [4.78, 5) is 11.7. The minimum atomic E-state index is -0.363. The summed E-state index contributed by atoms with van der Waals surface area (Å²) in [5, 5.41) is 9.50. The highest BCUT2D eigenvalue weighted by Crippen LogP contribution is 2.47. The number of hydrogen-bond acceptors (Lipinski definition) is 3. The summed E-state index contributed by atoms with van der Waals surface area (Å²) in [7, 11) is 0. The van der Waals surface area contributed by atoms with Gasteiger partial charge in [0.1, 0.15) is 15.8 Å². The molecule has 33 heavy (non-hydrogen) atoms. The predicted octanol–water partition coefficient (Wildman–Crippen LogP) is 10.8. The van der Waals surface area contributed by atoms with E-state index in [0.29, 0.717) is 17.2 Å². The Kier molecular flexibility index (Phi) is 15.7. The number of carbonyl (C=O) groups excluding carboxylic acids is 1. The fourth-order valence-electron chi connectivity index (χ4n) is 2.87. The first-order valence-corrected chi connectivity index (χ1v) is 13.1. The third-order valence-corrected chi connectivity index (χ3v) is 7.30. The van der Waals surface area contributed by atoms with E-state index in [9.17, 15) is 9.90 Å². The minimum Gasteiger partial charge on any atom is -0.505 e. The maximum absolute atomic E-state index is 11.7. The van der Waals surface area contributed by atoms with Crippen molar-refractivity contribution in [1.29, 1.82) is 0 Å². The lowest BCUT2D eigenvalue weighted by Gasteiger charge is -2.06. The zero-order valence-corrected chi connectivity index (χ0v) is 22.9. The topological polar surface area (TPSA) is 46.5 Å². The molecule has 0 spiro atoms. The summed E-state index contributed by atoms with van der Waals surface area (Å²) in [6.07, 6.45) is 11.7. The maximum atomic E-state index is 11.7. The van der Waals surface area contributed by atoms with Gasteiger partial charge >= 0.3 is 5.97 Å². The highest BCUT2D eigenvalue weighted by molar-refractivity contribution is 6.55. The second-order valence-electron chi connectivity index (χ2n) is 7.40. The summed E-state index contributed by atoms with van der Waals surface area (Å²) in [6, 6.07) is 7.08. The van der Waals surface area contributed by atoms with Crippen LogP contribution in [0.3, 0.4) is 0 Å². The Labute approximate surface area is 226 Å². The van der Waals surface area contributed by atoms with Crippen LogP contribution in [0.25, 0.3) is 0 Å². The van der Waals surface area contributed by atoms with Gasteiger partial charge in [-0.2, -0.15) is 0 Å². The van der Waals surface area contributed by atoms with Gasteiger partial charge in [0, 0.05) is 6.42 Å². The number of carbonyl (C=O) groups is 1. The first-order chi connectivity index (χ1) is 15.7. The average Bonchev–Trinajstić information content (AvgIpc) is 2.81. The number of phenols is 1. The molecule has 0 saturated heterocycles.